The van der Waals surface area contributed by atoms with Gasteiger partial charge in [-0.3, -0.25) is 4.79 Å². The van der Waals surface area contributed by atoms with E-state index in [2.05, 4.69) is 10.2 Å². The molecule has 4 rings (SSSR count). The summed E-state index contributed by atoms with van der Waals surface area (Å²) < 4.78 is 7.75. The first kappa shape index (κ1) is 19.1. The maximum atomic E-state index is 12.9. The van der Waals surface area contributed by atoms with E-state index in [4.69, 9.17) is 16.0 Å². The van der Waals surface area contributed by atoms with Crippen molar-refractivity contribution in [3.05, 3.63) is 58.4 Å². The molecule has 5 nitrogen and oxygen atoms in total. The summed E-state index contributed by atoms with van der Waals surface area (Å²) in [6.07, 6.45) is 3.83. The van der Waals surface area contributed by atoms with E-state index in [0.29, 0.717) is 23.8 Å². The average molecular weight is 400 g/mol. The van der Waals surface area contributed by atoms with Gasteiger partial charge in [0.1, 0.15) is 11.5 Å². The predicted molar refractivity (Wildman–Crippen MR) is 112 cm³/mol. The highest BCUT2D eigenvalue weighted by Gasteiger charge is 2.19. The molecule has 1 amide bonds. The molecule has 3 aromatic rings. The van der Waals surface area contributed by atoms with Crippen LogP contribution in [0.4, 0.5) is 0 Å². The summed E-state index contributed by atoms with van der Waals surface area (Å²) in [5.41, 5.74) is 3.22. The number of furan rings is 1. The van der Waals surface area contributed by atoms with E-state index in [9.17, 15) is 4.79 Å². The summed E-state index contributed by atoms with van der Waals surface area (Å²) in [6.45, 7) is 6.24. The van der Waals surface area contributed by atoms with Gasteiger partial charge in [-0.15, -0.1) is 0 Å². The average Bonchev–Trinajstić information content (AvgIpc) is 3.21. The van der Waals surface area contributed by atoms with E-state index < -0.39 is 0 Å². The number of benzene rings is 1. The van der Waals surface area contributed by atoms with Crippen LogP contribution in [-0.2, 0) is 6.54 Å². The van der Waals surface area contributed by atoms with E-state index in [1.165, 1.54) is 19.3 Å². The number of carbonyl (C=O) groups is 1. The molecule has 0 unspecified atom stereocenters. The van der Waals surface area contributed by atoms with Gasteiger partial charge in [-0.25, -0.2) is 0 Å². The van der Waals surface area contributed by atoms with E-state index in [-0.39, 0.29) is 5.91 Å². The highest BCUT2D eigenvalue weighted by molar-refractivity contribution is 6.31. The van der Waals surface area contributed by atoms with Crippen molar-refractivity contribution < 1.29 is 9.21 Å². The zero-order valence-electron chi connectivity index (χ0n) is 16.2. The monoisotopic (exact) mass is 399 g/mol. The Kier molecular flexibility index (Phi) is 5.74. The Labute approximate surface area is 170 Å². The Morgan fingerprint density at radius 1 is 1.18 bits per heavy atom. The Balaban J connectivity index is 1.53. The van der Waals surface area contributed by atoms with Crippen LogP contribution in [-0.4, -0.2) is 41.6 Å². The summed E-state index contributed by atoms with van der Waals surface area (Å²) in [7, 11) is 0. The molecule has 0 saturated carbocycles. The Morgan fingerprint density at radius 3 is 2.75 bits per heavy atom. The molecule has 3 heterocycles. The minimum absolute atomic E-state index is 0.0758. The number of nitrogens with zero attached hydrogens (tertiary/aromatic N) is 2. The SMILES string of the molecule is Cc1cc2c(cc(C(=O)NCCN3CCCCC3)n2Cc2ccccc2Cl)o1. The third-order valence-electron chi connectivity index (χ3n) is 5.39. The van der Waals surface area contributed by atoms with Gasteiger partial charge >= 0.3 is 0 Å². The van der Waals surface area contributed by atoms with Crippen LogP contribution in [0.3, 0.4) is 0 Å². The number of fused-ring (bicyclic) bond motifs is 1. The van der Waals surface area contributed by atoms with Gasteiger partial charge in [0.25, 0.3) is 5.91 Å². The number of carbonyl (C=O) groups excluding carboxylic acids is 1. The molecule has 1 aromatic carbocycles. The minimum Gasteiger partial charge on any atom is -0.460 e. The van der Waals surface area contributed by atoms with Crippen LogP contribution < -0.4 is 5.32 Å². The fourth-order valence-electron chi connectivity index (χ4n) is 3.92. The second-order valence-electron chi connectivity index (χ2n) is 7.47. The summed E-state index contributed by atoms with van der Waals surface area (Å²) in [6, 6.07) is 11.5. The molecule has 6 heteroatoms. The second-order valence-corrected chi connectivity index (χ2v) is 7.88. The van der Waals surface area contributed by atoms with Gasteiger partial charge in [0.15, 0.2) is 5.58 Å². The van der Waals surface area contributed by atoms with Crippen LogP contribution in [0.15, 0.2) is 40.8 Å². The summed E-state index contributed by atoms with van der Waals surface area (Å²) in [5.74, 6) is 0.753. The number of likely N-dealkylation sites (tertiary alicyclic amines) is 1. The molecule has 28 heavy (non-hydrogen) atoms. The lowest BCUT2D eigenvalue weighted by Gasteiger charge is -2.26. The van der Waals surface area contributed by atoms with Crippen LogP contribution in [0.1, 0.15) is 41.1 Å². The highest BCUT2D eigenvalue weighted by Crippen LogP contribution is 2.26. The first-order valence-corrected chi connectivity index (χ1v) is 10.3. The molecule has 1 saturated heterocycles. The van der Waals surface area contributed by atoms with Gasteiger partial charge in [-0.1, -0.05) is 36.2 Å². The van der Waals surface area contributed by atoms with Gasteiger partial charge in [-0.05, 0) is 44.5 Å². The molecule has 2 aromatic heterocycles. The molecular weight excluding hydrogens is 374 g/mol. The van der Waals surface area contributed by atoms with Gasteiger partial charge < -0.3 is 19.2 Å². The predicted octanol–water partition coefficient (Wildman–Crippen LogP) is 4.46. The lowest BCUT2D eigenvalue weighted by Crippen LogP contribution is -2.38. The molecule has 0 atom stereocenters. The number of hydrogen-bond donors (Lipinski definition) is 1. The topological polar surface area (TPSA) is 50.4 Å². The first-order valence-electron chi connectivity index (χ1n) is 9.95. The summed E-state index contributed by atoms with van der Waals surface area (Å²) in [5, 5.41) is 3.77. The number of aromatic nitrogens is 1. The number of piperidine rings is 1. The molecule has 0 aliphatic carbocycles. The Hall–Kier alpha value is -2.24. The smallest absolute Gasteiger partial charge is 0.268 e. The van der Waals surface area contributed by atoms with E-state index >= 15 is 0 Å². The van der Waals surface area contributed by atoms with Crippen molar-refractivity contribution in [2.45, 2.75) is 32.7 Å². The van der Waals surface area contributed by atoms with Crippen molar-refractivity contribution in [3.63, 3.8) is 0 Å². The number of amides is 1. The molecule has 1 aliphatic heterocycles. The van der Waals surface area contributed by atoms with Gasteiger partial charge in [-0.2, -0.15) is 0 Å². The van der Waals surface area contributed by atoms with Crippen molar-refractivity contribution in [2.75, 3.05) is 26.2 Å². The molecule has 0 bridgehead atoms. The fraction of sp³-hybridized carbons (Fsp3) is 0.409. The van der Waals surface area contributed by atoms with Crippen molar-refractivity contribution in [1.29, 1.82) is 0 Å². The van der Waals surface area contributed by atoms with Crippen molar-refractivity contribution >= 4 is 28.6 Å². The number of nitrogens with one attached hydrogen (secondary N) is 1. The zero-order valence-corrected chi connectivity index (χ0v) is 17.0. The van der Waals surface area contributed by atoms with Crippen molar-refractivity contribution in [1.82, 2.24) is 14.8 Å². The molecule has 0 spiro atoms. The lowest BCUT2D eigenvalue weighted by atomic mass is 10.1. The van der Waals surface area contributed by atoms with Crippen LogP contribution in [0.25, 0.3) is 11.1 Å². The van der Waals surface area contributed by atoms with Crippen molar-refractivity contribution in [3.8, 4) is 0 Å². The number of halogens is 1. The molecule has 148 valence electrons. The van der Waals surface area contributed by atoms with Crippen molar-refractivity contribution in [2.24, 2.45) is 0 Å². The van der Waals surface area contributed by atoms with E-state index in [1.807, 2.05) is 47.9 Å². The standard InChI is InChI=1S/C22H26ClN3O2/c1-16-13-19-21(28-16)14-20(26(19)15-17-7-3-4-8-18(17)23)22(27)24-9-12-25-10-5-2-6-11-25/h3-4,7-8,13-14H,2,5-6,9-12,15H2,1H3,(H,24,27). The van der Waals surface area contributed by atoms with E-state index in [0.717, 1.165) is 42.1 Å². The largest absolute Gasteiger partial charge is 0.460 e. The van der Waals surface area contributed by atoms with Crippen LogP contribution in [0.2, 0.25) is 5.02 Å². The van der Waals surface area contributed by atoms with Gasteiger partial charge in [0.05, 0.1) is 5.52 Å². The van der Waals surface area contributed by atoms with Crippen LogP contribution in [0, 0.1) is 6.92 Å². The first-order chi connectivity index (χ1) is 13.6. The van der Waals surface area contributed by atoms with Crippen LogP contribution >= 0.6 is 11.6 Å². The maximum Gasteiger partial charge on any atom is 0.268 e. The number of hydrogen-bond acceptors (Lipinski definition) is 3. The number of rotatable bonds is 6. The Morgan fingerprint density at radius 2 is 1.96 bits per heavy atom. The second kappa shape index (κ2) is 8.41. The zero-order chi connectivity index (χ0) is 19.5. The normalized spacial score (nSPS) is 15.2. The molecular formula is C22H26ClN3O2. The lowest BCUT2D eigenvalue weighted by molar-refractivity contribution is 0.0938. The van der Waals surface area contributed by atoms with Gasteiger partial charge in [0, 0.05) is 36.8 Å². The third-order valence-corrected chi connectivity index (χ3v) is 5.76. The van der Waals surface area contributed by atoms with E-state index in [1.54, 1.807) is 0 Å². The van der Waals surface area contributed by atoms with Crippen LogP contribution in [0.5, 0.6) is 0 Å². The minimum atomic E-state index is -0.0758. The molecule has 1 N–H and O–H groups in total. The fourth-order valence-corrected chi connectivity index (χ4v) is 4.12. The summed E-state index contributed by atoms with van der Waals surface area (Å²) in [4.78, 5) is 15.3. The molecule has 1 fully saturated rings. The van der Waals surface area contributed by atoms with Gasteiger partial charge in [0.2, 0.25) is 0 Å². The highest BCUT2D eigenvalue weighted by atomic mass is 35.5. The quantitative estimate of drug-likeness (QED) is 0.665. The molecule has 0 radical (unpaired) electrons. The number of aryl methyl sites for hydroxylation is 1. The summed E-state index contributed by atoms with van der Waals surface area (Å²) >= 11 is 6.36. The third kappa shape index (κ3) is 4.10. The Bertz CT molecular complexity index is 969. The molecule has 1 aliphatic rings. The maximum absolute atomic E-state index is 12.9.